The summed E-state index contributed by atoms with van der Waals surface area (Å²) in [7, 11) is 5.78. The molecule has 2 aromatic rings. The van der Waals surface area contributed by atoms with E-state index in [1.165, 1.54) is 11.1 Å². The largest absolute Gasteiger partial charge is 0.493 e. The number of hydrogen-bond donors (Lipinski definition) is 2. The Morgan fingerprint density at radius 1 is 1.00 bits per heavy atom. The molecule has 2 rings (SSSR count). The fourth-order valence-electron chi connectivity index (χ4n) is 2.75. The third-order valence-corrected chi connectivity index (χ3v) is 4.01. The van der Waals surface area contributed by atoms with Gasteiger partial charge in [0, 0.05) is 24.8 Å². The van der Waals surface area contributed by atoms with E-state index >= 15 is 0 Å². The maximum Gasteiger partial charge on any atom is 0.196 e. The van der Waals surface area contributed by atoms with Gasteiger partial charge in [0.25, 0.3) is 0 Å². The van der Waals surface area contributed by atoms with Crippen LogP contribution in [-0.4, -0.2) is 45.2 Å². The third kappa shape index (κ3) is 6.78. The number of benzene rings is 2. The van der Waals surface area contributed by atoms with Gasteiger partial charge in [0.05, 0.1) is 20.3 Å². The quantitative estimate of drug-likeness (QED) is 0.510. The van der Waals surface area contributed by atoms with Crippen LogP contribution in [-0.2, 0) is 13.1 Å². The fourth-order valence-corrected chi connectivity index (χ4v) is 2.75. The number of anilines is 1. The molecule has 0 aromatic heterocycles. The second kappa shape index (κ2) is 11.2. The average molecular weight is 385 g/mol. The standard InChI is InChI=1S/C22H32N4O2/c1-6-23-22(24-15-17-8-10-18(11-9-17)16-26(3)4)25-19-12-13-20(28-7-2)21(14-19)27-5/h8-14H,6-7,15-16H2,1-5H3,(H2,23,24,25). The molecule has 0 unspecified atom stereocenters. The van der Waals surface area contributed by atoms with Gasteiger partial charge in [-0.05, 0) is 51.2 Å². The van der Waals surface area contributed by atoms with Crippen molar-refractivity contribution in [2.75, 3.05) is 39.7 Å². The fraction of sp³-hybridized carbons (Fsp3) is 0.409. The third-order valence-electron chi connectivity index (χ3n) is 4.01. The van der Waals surface area contributed by atoms with Gasteiger partial charge in [0.2, 0.25) is 0 Å². The van der Waals surface area contributed by atoms with Gasteiger partial charge >= 0.3 is 0 Å². The van der Waals surface area contributed by atoms with Crippen LogP contribution in [0.3, 0.4) is 0 Å². The molecule has 0 bridgehead atoms. The van der Waals surface area contributed by atoms with Crippen molar-refractivity contribution in [2.45, 2.75) is 26.9 Å². The monoisotopic (exact) mass is 384 g/mol. The highest BCUT2D eigenvalue weighted by Crippen LogP contribution is 2.30. The van der Waals surface area contributed by atoms with Crippen LogP contribution < -0.4 is 20.1 Å². The van der Waals surface area contributed by atoms with Crippen molar-refractivity contribution in [1.29, 1.82) is 0 Å². The van der Waals surface area contributed by atoms with Gasteiger partial charge in [-0.25, -0.2) is 4.99 Å². The topological polar surface area (TPSA) is 58.1 Å². The van der Waals surface area contributed by atoms with E-state index < -0.39 is 0 Å². The second-order valence-corrected chi connectivity index (χ2v) is 6.67. The molecule has 0 fully saturated rings. The molecular weight excluding hydrogens is 352 g/mol. The number of guanidine groups is 1. The molecule has 2 N–H and O–H groups in total. The first kappa shape index (κ1) is 21.6. The molecule has 0 heterocycles. The number of methoxy groups -OCH3 is 1. The van der Waals surface area contributed by atoms with Gasteiger partial charge in [-0.15, -0.1) is 0 Å². The molecule has 0 aliphatic rings. The first-order chi connectivity index (χ1) is 13.5. The van der Waals surface area contributed by atoms with E-state index in [9.17, 15) is 0 Å². The van der Waals surface area contributed by atoms with E-state index in [4.69, 9.17) is 14.5 Å². The van der Waals surface area contributed by atoms with Crippen molar-refractivity contribution >= 4 is 11.6 Å². The normalized spacial score (nSPS) is 11.4. The van der Waals surface area contributed by atoms with E-state index in [0.717, 1.165) is 30.5 Å². The number of ether oxygens (including phenoxy) is 2. The van der Waals surface area contributed by atoms with Gasteiger partial charge < -0.3 is 25.0 Å². The summed E-state index contributed by atoms with van der Waals surface area (Å²) in [5.41, 5.74) is 3.36. The van der Waals surface area contributed by atoms with Crippen LogP contribution >= 0.6 is 0 Å². The number of rotatable bonds is 9. The lowest BCUT2D eigenvalue weighted by molar-refractivity contribution is 0.311. The van der Waals surface area contributed by atoms with Gasteiger partial charge in [-0.3, -0.25) is 0 Å². The van der Waals surface area contributed by atoms with Gasteiger partial charge in [0.15, 0.2) is 17.5 Å². The lowest BCUT2D eigenvalue weighted by Crippen LogP contribution is -2.30. The summed E-state index contributed by atoms with van der Waals surface area (Å²) in [5, 5.41) is 6.60. The number of nitrogens with zero attached hydrogens (tertiary/aromatic N) is 2. The summed E-state index contributed by atoms with van der Waals surface area (Å²) in [4.78, 5) is 6.85. The Hall–Kier alpha value is -2.73. The smallest absolute Gasteiger partial charge is 0.196 e. The molecule has 0 saturated heterocycles. The molecule has 28 heavy (non-hydrogen) atoms. The number of hydrogen-bond acceptors (Lipinski definition) is 4. The minimum atomic E-state index is 0.598. The maximum atomic E-state index is 5.57. The molecule has 0 saturated carbocycles. The minimum absolute atomic E-state index is 0.598. The Labute approximate surface area is 168 Å². The zero-order chi connectivity index (χ0) is 20.4. The Balaban J connectivity index is 2.07. The Kier molecular flexibility index (Phi) is 8.62. The molecule has 0 aliphatic heterocycles. The number of nitrogens with one attached hydrogen (secondary N) is 2. The molecule has 2 aromatic carbocycles. The molecule has 0 spiro atoms. The molecule has 0 aliphatic carbocycles. The van der Waals surface area contributed by atoms with Crippen LogP contribution in [0.5, 0.6) is 11.5 Å². The predicted molar refractivity (Wildman–Crippen MR) is 116 cm³/mol. The highest BCUT2D eigenvalue weighted by molar-refractivity contribution is 5.93. The lowest BCUT2D eigenvalue weighted by atomic mass is 10.1. The van der Waals surface area contributed by atoms with Gasteiger partial charge in [0.1, 0.15) is 0 Å². The predicted octanol–water partition coefficient (Wildman–Crippen LogP) is 3.73. The molecular formula is C22H32N4O2. The van der Waals surface area contributed by atoms with E-state index in [1.54, 1.807) is 7.11 Å². The summed E-state index contributed by atoms with van der Waals surface area (Å²) in [5.74, 6) is 2.15. The van der Waals surface area contributed by atoms with E-state index in [1.807, 2.05) is 32.0 Å². The van der Waals surface area contributed by atoms with Gasteiger partial charge in [-0.1, -0.05) is 24.3 Å². The number of aliphatic imine (C=N–C) groups is 1. The Morgan fingerprint density at radius 3 is 2.32 bits per heavy atom. The van der Waals surface area contributed by atoms with E-state index in [-0.39, 0.29) is 0 Å². The lowest BCUT2D eigenvalue weighted by Gasteiger charge is -2.14. The van der Waals surface area contributed by atoms with Crippen LogP contribution in [0, 0.1) is 0 Å². The highest BCUT2D eigenvalue weighted by atomic mass is 16.5. The van der Waals surface area contributed by atoms with Crippen LogP contribution in [0.15, 0.2) is 47.5 Å². The zero-order valence-electron chi connectivity index (χ0n) is 17.6. The molecule has 0 amide bonds. The van der Waals surface area contributed by atoms with Crippen molar-refractivity contribution in [3.8, 4) is 11.5 Å². The Bertz CT molecular complexity index is 758. The SMILES string of the molecule is CCNC(=NCc1ccc(CN(C)C)cc1)Nc1ccc(OCC)c(OC)c1. The maximum absolute atomic E-state index is 5.57. The summed E-state index contributed by atoms with van der Waals surface area (Å²) in [6.45, 7) is 6.92. The molecule has 0 radical (unpaired) electrons. The summed E-state index contributed by atoms with van der Waals surface area (Å²) < 4.78 is 11.0. The molecule has 152 valence electrons. The molecule has 6 nitrogen and oxygen atoms in total. The van der Waals surface area contributed by atoms with Crippen molar-refractivity contribution in [3.63, 3.8) is 0 Å². The van der Waals surface area contributed by atoms with Crippen molar-refractivity contribution in [1.82, 2.24) is 10.2 Å². The minimum Gasteiger partial charge on any atom is -0.493 e. The molecule has 6 heteroatoms. The van der Waals surface area contributed by atoms with Crippen LogP contribution in [0.2, 0.25) is 0 Å². The van der Waals surface area contributed by atoms with E-state index in [2.05, 4.69) is 53.9 Å². The first-order valence-electron chi connectivity index (χ1n) is 9.64. The highest BCUT2D eigenvalue weighted by Gasteiger charge is 2.07. The van der Waals surface area contributed by atoms with Crippen LogP contribution in [0.1, 0.15) is 25.0 Å². The zero-order valence-corrected chi connectivity index (χ0v) is 17.6. The average Bonchev–Trinajstić information content (AvgIpc) is 2.68. The first-order valence-corrected chi connectivity index (χ1v) is 9.64. The van der Waals surface area contributed by atoms with Crippen LogP contribution in [0.25, 0.3) is 0 Å². The van der Waals surface area contributed by atoms with Crippen molar-refractivity contribution < 1.29 is 9.47 Å². The van der Waals surface area contributed by atoms with E-state index in [0.29, 0.717) is 18.9 Å². The summed E-state index contributed by atoms with van der Waals surface area (Å²) in [6, 6.07) is 14.3. The summed E-state index contributed by atoms with van der Waals surface area (Å²) >= 11 is 0. The van der Waals surface area contributed by atoms with Crippen molar-refractivity contribution in [2.24, 2.45) is 4.99 Å². The van der Waals surface area contributed by atoms with Crippen molar-refractivity contribution in [3.05, 3.63) is 53.6 Å². The second-order valence-electron chi connectivity index (χ2n) is 6.67. The molecule has 0 atom stereocenters. The van der Waals surface area contributed by atoms with Gasteiger partial charge in [-0.2, -0.15) is 0 Å². The Morgan fingerprint density at radius 2 is 1.71 bits per heavy atom. The van der Waals surface area contributed by atoms with Crippen LogP contribution in [0.4, 0.5) is 5.69 Å². The summed E-state index contributed by atoms with van der Waals surface area (Å²) in [6.07, 6.45) is 0.